The van der Waals surface area contributed by atoms with Gasteiger partial charge in [0, 0.05) is 10.7 Å². The summed E-state index contributed by atoms with van der Waals surface area (Å²) in [7, 11) is 0. The summed E-state index contributed by atoms with van der Waals surface area (Å²) in [6.45, 7) is 4.95. The number of anilines is 1. The van der Waals surface area contributed by atoms with Crippen LogP contribution in [0.1, 0.15) is 20.3 Å². The molecule has 0 spiro atoms. The molecule has 0 fully saturated rings. The van der Waals surface area contributed by atoms with E-state index in [4.69, 9.17) is 21.1 Å². The van der Waals surface area contributed by atoms with Gasteiger partial charge in [-0.3, -0.25) is 4.79 Å². The molecule has 1 amide bonds. The Labute approximate surface area is 147 Å². The van der Waals surface area contributed by atoms with E-state index in [0.717, 1.165) is 12.2 Å². The minimum Gasteiger partial charge on any atom is -0.494 e. The number of halogens is 1. The van der Waals surface area contributed by atoms with Crippen molar-refractivity contribution in [1.29, 1.82) is 0 Å². The van der Waals surface area contributed by atoms with E-state index in [2.05, 4.69) is 19.2 Å². The summed E-state index contributed by atoms with van der Waals surface area (Å²) in [4.78, 5) is 11.9. The maximum atomic E-state index is 11.9. The van der Waals surface area contributed by atoms with Crippen LogP contribution in [0.4, 0.5) is 5.69 Å². The van der Waals surface area contributed by atoms with Crippen LogP contribution in [0.15, 0.2) is 48.5 Å². The summed E-state index contributed by atoms with van der Waals surface area (Å²) in [6.07, 6.45) is 1.01. The molecule has 0 saturated carbocycles. The Morgan fingerprint density at radius 3 is 2.21 bits per heavy atom. The van der Waals surface area contributed by atoms with Crippen LogP contribution in [-0.2, 0) is 4.79 Å². The lowest BCUT2D eigenvalue weighted by molar-refractivity contribution is -0.118. The second-order valence-corrected chi connectivity index (χ2v) is 6.28. The third-order valence-electron chi connectivity index (χ3n) is 3.29. The van der Waals surface area contributed by atoms with Crippen LogP contribution in [0.2, 0.25) is 5.02 Å². The number of hydrogen-bond acceptors (Lipinski definition) is 3. The Morgan fingerprint density at radius 1 is 1.00 bits per heavy atom. The predicted octanol–water partition coefficient (Wildman–Crippen LogP) is 4.78. The first-order chi connectivity index (χ1) is 11.5. The van der Waals surface area contributed by atoms with Crippen molar-refractivity contribution in [3.8, 4) is 11.5 Å². The summed E-state index contributed by atoms with van der Waals surface area (Å²) >= 11 is 5.80. The second kappa shape index (κ2) is 9.18. The molecule has 0 heterocycles. The fourth-order valence-electron chi connectivity index (χ4n) is 1.92. The third-order valence-corrected chi connectivity index (χ3v) is 3.54. The molecular weight excluding hydrogens is 326 g/mol. The largest absolute Gasteiger partial charge is 0.494 e. The minimum atomic E-state index is -0.224. The highest BCUT2D eigenvalue weighted by atomic mass is 35.5. The standard InChI is InChI=1S/C19H22ClNO3/c1-14(2)11-12-23-17-9-5-16(6-10-17)21-19(22)13-24-18-7-3-15(20)4-8-18/h3-10,14H,11-13H2,1-2H3,(H,21,22). The quantitative estimate of drug-likeness (QED) is 0.747. The molecule has 2 aromatic rings. The highest BCUT2D eigenvalue weighted by Gasteiger charge is 2.04. The van der Waals surface area contributed by atoms with Gasteiger partial charge in [0.1, 0.15) is 11.5 Å². The van der Waals surface area contributed by atoms with Crippen LogP contribution < -0.4 is 14.8 Å². The smallest absolute Gasteiger partial charge is 0.262 e. The fraction of sp³-hybridized carbons (Fsp3) is 0.316. The molecule has 128 valence electrons. The van der Waals surface area contributed by atoms with Gasteiger partial charge in [0.25, 0.3) is 5.91 Å². The molecule has 0 aliphatic heterocycles. The Bertz CT molecular complexity index is 639. The van der Waals surface area contributed by atoms with Crippen LogP contribution in [0.5, 0.6) is 11.5 Å². The number of carbonyl (C=O) groups is 1. The van der Waals surface area contributed by atoms with Crippen LogP contribution in [0, 0.1) is 5.92 Å². The van der Waals surface area contributed by atoms with Gasteiger partial charge in [-0.05, 0) is 60.9 Å². The van der Waals surface area contributed by atoms with E-state index in [0.29, 0.717) is 29.0 Å². The highest BCUT2D eigenvalue weighted by Crippen LogP contribution is 2.17. The topological polar surface area (TPSA) is 47.6 Å². The van der Waals surface area contributed by atoms with Crippen LogP contribution in [-0.4, -0.2) is 19.1 Å². The van der Waals surface area contributed by atoms with Gasteiger partial charge in [-0.25, -0.2) is 0 Å². The highest BCUT2D eigenvalue weighted by molar-refractivity contribution is 6.30. The summed E-state index contributed by atoms with van der Waals surface area (Å²) in [5, 5.41) is 3.41. The van der Waals surface area contributed by atoms with Crippen LogP contribution in [0.3, 0.4) is 0 Å². The maximum Gasteiger partial charge on any atom is 0.262 e. The van der Waals surface area contributed by atoms with Crippen molar-refractivity contribution in [2.75, 3.05) is 18.5 Å². The molecule has 0 radical (unpaired) electrons. The van der Waals surface area contributed by atoms with E-state index in [1.807, 2.05) is 24.3 Å². The molecule has 0 aliphatic rings. The number of amides is 1. The molecule has 0 aromatic heterocycles. The fourth-order valence-corrected chi connectivity index (χ4v) is 2.05. The monoisotopic (exact) mass is 347 g/mol. The summed E-state index contributed by atoms with van der Waals surface area (Å²) in [5.41, 5.74) is 0.705. The number of nitrogens with one attached hydrogen (secondary N) is 1. The van der Waals surface area contributed by atoms with E-state index in [9.17, 15) is 4.79 Å². The zero-order valence-electron chi connectivity index (χ0n) is 13.9. The number of carbonyl (C=O) groups excluding carboxylic acids is 1. The molecule has 4 nitrogen and oxygen atoms in total. The SMILES string of the molecule is CC(C)CCOc1ccc(NC(=O)COc2ccc(Cl)cc2)cc1. The van der Waals surface area contributed by atoms with Gasteiger partial charge in [0.2, 0.25) is 0 Å². The molecule has 2 rings (SSSR count). The van der Waals surface area contributed by atoms with Gasteiger partial charge in [-0.2, -0.15) is 0 Å². The summed E-state index contributed by atoms with van der Waals surface area (Å²) in [6, 6.07) is 14.2. The lowest BCUT2D eigenvalue weighted by atomic mass is 10.1. The first-order valence-electron chi connectivity index (χ1n) is 7.94. The van der Waals surface area contributed by atoms with E-state index >= 15 is 0 Å². The Hall–Kier alpha value is -2.20. The number of hydrogen-bond donors (Lipinski definition) is 1. The molecule has 0 atom stereocenters. The van der Waals surface area contributed by atoms with Gasteiger partial charge in [0.05, 0.1) is 6.61 Å². The van der Waals surface area contributed by atoms with Gasteiger partial charge < -0.3 is 14.8 Å². The molecule has 5 heteroatoms. The predicted molar refractivity (Wildman–Crippen MR) is 97.0 cm³/mol. The van der Waals surface area contributed by atoms with Gasteiger partial charge >= 0.3 is 0 Å². The van der Waals surface area contributed by atoms with Crippen LogP contribution in [0.25, 0.3) is 0 Å². The second-order valence-electron chi connectivity index (χ2n) is 5.85. The Kier molecular flexibility index (Phi) is 6.94. The average molecular weight is 348 g/mol. The first kappa shape index (κ1) is 18.1. The first-order valence-corrected chi connectivity index (χ1v) is 8.32. The normalized spacial score (nSPS) is 10.5. The molecule has 0 saturated heterocycles. The van der Waals surface area contributed by atoms with E-state index in [1.165, 1.54) is 0 Å². The summed E-state index contributed by atoms with van der Waals surface area (Å²) < 4.78 is 11.0. The minimum absolute atomic E-state index is 0.0612. The third kappa shape index (κ3) is 6.50. The number of ether oxygens (including phenoxy) is 2. The number of rotatable bonds is 8. The van der Waals surface area contributed by atoms with Gasteiger partial charge in [-0.1, -0.05) is 25.4 Å². The van der Waals surface area contributed by atoms with Gasteiger partial charge in [0.15, 0.2) is 6.61 Å². The maximum absolute atomic E-state index is 11.9. The van der Waals surface area contributed by atoms with E-state index in [-0.39, 0.29) is 12.5 Å². The Balaban J connectivity index is 1.76. The lowest BCUT2D eigenvalue weighted by Gasteiger charge is -2.10. The zero-order valence-corrected chi connectivity index (χ0v) is 14.7. The molecule has 0 bridgehead atoms. The average Bonchev–Trinajstić information content (AvgIpc) is 2.56. The van der Waals surface area contributed by atoms with Crippen molar-refractivity contribution in [2.24, 2.45) is 5.92 Å². The van der Waals surface area contributed by atoms with Crippen molar-refractivity contribution in [3.05, 3.63) is 53.6 Å². The van der Waals surface area contributed by atoms with Crippen molar-refractivity contribution >= 4 is 23.2 Å². The van der Waals surface area contributed by atoms with Crippen molar-refractivity contribution in [3.63, 3.8) is 0 Å². The van der Waals surface area contributed by atoms with E-state index < -0.39 is 0 Å². The molecule has 0 unspecified atom stereocenters. The zero-order chi connectivity index (χ0) is 17.4. The Morgan fingerprint density at radius 2 is 1.58 bits per heavy atom. The molecular formula is C19H22ClNO3. The van der Waals surface area contributed by atoms with Crippen molar-refractivity contribution in [1.82, 2.24) is 0 Å². The molecule has 24 heavy (non-hydrogen) atoms. The van der Waals surface area contributed by atoms with Gasteiger partial charge in [-0.15, -0.1) is 0 Å². The lowest BCUT2D eigenvalue weighted by Crippen LogP contribution is -2.20. The van der Waals surface area contributed by atoms with Crippen molar-refractivity contribution in [2.45, 2.75) is 20.3 Å². The molecule has 1 N–H and O–H groups in total. The molecule has 2 aromatic carbocycles. The van der Waals surface area contributed by atoms with Crippen molar-refractivity contribution < 1.29 is 14.3 Å². The summed E-state index contributed by atoms with van der Waals surface area (Å²) in [5.74, 6) is 1.79. The molecule has 0 aliphatic carbocycles. The van der Waals surface area contributed by atoms with E-state index in [1.54, 1.807) is 24.3 Å². The van der Waals surface area contributed by atoms with Crippen LogP contribution >= 0.6 is 11.6 Å². The number of benzene rings is 2.